The summed E-state index contributed by atoms with van der Waals surface area (Å²) in [5, 5.41) is 0. The van der Waals surface area contributed by atoms with Crippen LogP contribution >= 0.6 is 0 Å². The Bertz CT molecular complexity index is 924. The summed E-state index contributed by atoms with van der Waals surface area (Å²) in [6.07, 6.45) is 13.3. The van der Waals surface area contributed by atoms with Gasteiger partial charge in [0.05, 0.1) is 11.0 Å². The number of allylic oxidation sites excluding steroid dienone is 2. The van der Waals surface area contributed by atoms with Crippen molar-refractivity contribution in [1.29, 1.82) is 0 Å². The number of hydrogen-bond acceptors (Lipinski definition) is 2. The van der Waals surface area contributed by atoms with E-state index in [2.05, 4.69) is 28.1 Å². The molecule has 1 atom stereocenters. The third kappa shape index (κ3) is 2.67. The zero-order chi connectivity index (χ0) is 17.5. The van der Waals surface area contributed by atoms with E-state index in [9.17, 15) is 4.79 Å². The highest BCUT2D eigenvalue weighted by Crippen LogP contribution is 2.36. The maximum atomic E-state index is 12.5. The fourth-order valence-electron chi connectivity index (χ4n) is 5.28. The lowest BCUT2D eigenvalue weighted by Gasteiger charge is -2.41. The molecule has 0 unspecified atom stereocenters. The number of aromatic nitrogens is 2. The summed E-state index contributed by atoms with van der Waals surface area (Å²) in [5.74, 6) is 0. The van der Waals surface area contributed by atoms with Crippen molar-refractivity contribution in [2.75, 3.05) is 13.1 Å². The van der Waals surface area contributed by atoms with E-state index in [0.29, 0.717) is 12.1 Å². The third-order valence-corrected chi connectivity index (χ3v) is 6.56. The lowest BCUT2D eigenvalue weighted by atomic mass is 9.81. The first-order valence-electron chi connectivity index (χ1n) is 10.1. The number of aromatic amines is 1. The van der Waals surface area contributed by atoms with Crippen molar-refractivity contribution in [3.63, 3.8) is 0 Å². The van der Waals surface area contributed by atoms with Crippen LogP contribution < -0.4 is 5.69 Å². The lowest BCUT2D eigenvalue weighted by molar-refractivity contribution is 0.142. The van der Waals surface area contributed by atoms with Gasteiger partial charge in [0.25, 0.3) is 0 Å². The largest absolute Gasteiger partial charge is 0.326 e. The maximum absolute atomic E-state index is 12.5. The summed E-state index contributed by atoms with van der Waals surface area (Å²) in [6, 6.07) is 8.98. The van der Waals surface area contributed by atoms with Crippen molar-refractivity contribution < 1.29 is 0 Å². The molecule has 136 valence electrons. The quantitative estimate of drug-likeness (QED) is 0.884. The number of rotatable bonds is 2. The Kier molecular flexibility index (Phi) is 4.08. The van der Waals surface area contributed by atoms with Crippen LogP contribution in [0.3, 0.4) is 0 Å². The summed E-state index contributed by atoms with van der Waals surface area (Å²) in [7, 11) is 0. The molecule has 2 aliphatic carbocycles. The van der Waals surface area contributed by atoms with Gasteiger partial charge in [-0.1, -0.05) is 29.9 Å². The van der Waals surface area contributed by atoms with E-state index >= 15 is 0 Å². The average molecular weight is 349 g/mol. The smallest absolute Gasteiger partial charge is 0.306 e. The van der Waals surface area contributed by atoms with Crippen LogP contribution in [0, 0.1) is 0 Å². The molecule has 2 heterocycles. The van der Waals surface area contributed by atoms with E-state index in [1.165, 1.54) is 32.1 Å². The number of imidazole rings is 1. The first-order chi connectivity index (χ1) is 12.8. The molecule has 0 saturated carbocycles. The molecule has 3 aliphatic rings. The number of piperidine rings is 1. The second kappa shape index (κ2) is 6.58. The fraction of sp³-hybridized carbons (Fsp3) is 0.500. The van der Waals surface area contributed by atoms with Gasteiger partial charge >= 0.3 is 5.69 Å². The van der Waals surface area contributed by atoms with Gasteiger partial charge < -0.3 is 4.98 Å². The van der Waals surface area contributed by atoms with Gasteiger partial charge in [-0.05, 0) is 62.7 Å². The van der Waals surface area contributed by atoms with E-state index in [4.69, 9.17) is 0 Å². The van der Waals surface area contributed by atoms with Crippen molar-refractivity contribution in [3.8, 4) is 0 Å². The number of hydrogen-bond donors (Lipinski definition) is 1. The Morgan fingerprint density at radius 1 is 1.04 bits per heavy atom. The molecule has 1 saturated heterocycles. The summed E-state index contributed by atoms with van der Waals surface area (Å²) < 4.78 is 2.00. The molecule has 26 heavy (non-hydrogen) atoms. The Balaban J connectivity index is 1.36. The van der Waals surface area contributed by atoms with Crippen molar-refractivity contribution in [3.05, 3.63) is 58.0 Å². The van der Waals surface area contributed by atoms with Crippen LogP contribution in [0.5, 0.6) is 0 Å². The molecule has 2 aromatic rings. The molecule has 1 aliphatic heterocycles. The van der Waals surface area contributed by atoms with Crippen molar-refractivity contribution in [2.24, 2.45) is 0 Å². The van der Waals surface area contributed by atoms with Crippen LogP contribution in [-0.2, 0) is 0 Å². The highest BCUT2D eigenvalue weighted by atomic mass is 16.1. The Morgan fingerprint density at radius 3 is 2.77 bits per heavy atom. The molecule has 1 N–H and O–H groups in total. The SMILES string of the molecule is O=c1[nH]c2ccccc2n1C1CCN([C@H]2CCCC3=C2C=CCC3)CC1. The highest BCUT2D eigenvalue weighted by Gasteiger charge is 2.31. The minimum Gasteiger partial charge on any atom is -0.306 e. The van der Waals surface area contributed by atoms with Gasteiger partial charge in [0.15, 0.2) is 0 Å². The molecule has 5 rings (SSSR count). The van der Waals surface area contributed by atoms with Gasteiger partial charge in [-0.25, -0.2) is 4.79 Å². The van der Waals surface area contributed by atoms with Crippen molar-refractivity contribution >= 4 is 11.0 Å². The summed E-state index contributed by atoms with van der Waals surface area (Å²) >= 11 is 0. The fourth-order valence-corrected chi connectivity index (χ4v) is 5.28. The van der Waals surface area contributed by atoms with Crippen LogP contribution in [-0.4, -0.2) is 33.6 Å². The topological polar surface area (TPSA) is 41.0 Å². The van der Waals surface area contributed by atoms with Gasteiger partial charge in [-0.15, -0.1) is 0 Å². The van der Waals surface area contributed by atoms with E-state index < -0.39 is 0 Å². The molecule has 4 nitrogen and oxygen atoms in total. The zero-order valence-corrected chi connectivity index (χ0v) is 15.3. The molecule has 1 fully saturated rings. The molecule has 0 radical (unpaired) electrons. The van der Waals surface area contributed by atoms with Gasteiger partial charge in [-0.3, -0.25) is 9.47 Å². The molecule has 0 amide bonds. The number of benzene rings is 1. The van der Waals surface area contributed by atoms with Crippen LogP contribution in [0.4, 0.5) is 0 Å². The van der Waals surface area contributed by atoms with E-state index in [1.807, 2.05) is 22.8 Å². The number of nitrogens with zero attached hydrogens (tertiary/aromatic N) is 2. The number of likely N-dealkylation sites (tertiary alicyclic amines) is 1. The first-order valence-corrected chi connectivity index (χ1v) is 10.1. The Hall–Kier alpha value is -2.07. The van der Waals surface area contributed by atoms with Gasteiger partial charge in [0.2, 0.25) is 0 Å². The second-order valence-corrected chi connectivity index (χ2v) is 7.99. The van der Waals surface area contributed by atoms with Crippen LogP contribution in [0.25, 0.3) is 11.0 Å². The van der Waals surface area contributed by atoms with Gasteiger partial charge in [-0.2, -0.15) is 0 Å². The standard InChI is InChI=1S/C22H27N3O/c26-22-23-19-9-3-4-10-21(19)25(22)17-12-14-24(15-13-17)20-11-5-7-16-6-1-2-8-18(16)20/h2-4,8-10,17,20H,1,5-7,11-15H2,(H,23,26)/t20-/m0/s1. The monoisotopic (exact) mass is 349 g/mol. The van der Waals surface area contributed by atoms with Crippen LogP contribution in [0.1, 0.15) is 51.0 Å². The van der Waals surface area contributed by atoms with E-state index in [0.717, 1.165) is 37.0 Å². The van der Waals surface area contributed by atoms with Crippen molar-refractivity contribution in [2.45, 2.75) is 57.0 Å². The molecule has 0 spiro atoms. The molecule has 0 bridgehead atoms. The van der Waals surface area contributed by atoms with Crippen molar-refractivity contribution in [1.82, 2.24) is 14.5 Å². The van der Waals surface area contributed by atoms with Gasteiger partial charge in [0.1, 0.15) is 0 Å². The molecule has 1 aromatic heterocycles. The predicted octanol–water partition coefficient (Wildman–Crippen LogP) is 4.17. The Labute approximate surface area is 154 Å². The lowest BCUT2D eigenvalue weighted by Crippen LogP contribution is -2.44. The van der Waals surface area contributed by atoms with E-state index in [-0.39, 0.29) is 5.69 Å². The third-order valence-electron chi connectivity index (χ3n) is 6.56. The second-order valence-electron chi connectivity index (χ2n) is 7.99. The Morgan fingerprint density at radius 2 is 1.88 bits per heavy atom. The van der Waals surface area contributed by atoms with Crippen LogP contribution in [0.2, 0.25) is 0 Å². The summed E-state index contributed by atoms with van der Waals surface area (Å²) in [5.41, 5.74) is 5.37. The number of nitrogens with one attached hydrogen (secondary N) is 1. The van der Waals surface area contributed by atoms with E-state index in [1.54, 1.807) is 11.1 Å². The normalized spacial score (nSPS) is 25.0. The predicted molar refractivity (Wildman–Crippen MR) is 105 cm³/mol. The minimum atomic E-state index is 0.0440. The molecule has 4 heteroatoms. The summed E-state index contributed by atoms with van der Waals surface area (Å²) in [6.45, 7) is 2.18. The average Bonchev–Trinajstić information content (AvgIpc) is 3.03. The molecule has 1 aromatic carbocycles. The molecular formula is C22H27N3O. The summed E-state index contributed by atoms with van der Waals surface area (Å²) in [4.78, 5) is 18.2. The molecular weight excluding hydrogens is 322 g/mol. The van der Waals surface area contributed by atoms with Gasteiger partial charge in [0, 0.05) is 25.2 Å². The minimum absolute atomic E-state index is 0.0440. The van der Waals surface area contributed by atoms with Crippen LogP contribution in [0.15, 0.2) is 52.4 Å². The first kappa shape index (κ1) is 16.1. The maximum Gasteiger partial charge on any atom is 0.326 e. The zero-order valence-electron chi connectivity index (χ0n) is 15.3. The number of fused-ring (bicyclic) bond motifs is 1. The number of para-hydroxylation sites is 2. The number of H-pyrrole nitrogens is 1. The highest BCUT2D eigenvalue weighted by molar-refractivity contribution is 5.75.